The smallest absolute Gasteiger partial charge is 0.271 e. The van der Waals surface area contributed by atoms with Crippen molar-refractivity contribution in [2.75, 3.05) is 18.0 Å². The van der Waals surface area contributed by atoms with Crippen molar-refractivity contribution < 1.29 is 4.79 Å². The number of carbonyl (C=O) groups excluding carboxylic acids is 1. The average molecular weight is 293 g/mol. The van der Waals surface area contributed by atoms with Crippen LogP contribution in [0, 0.1) is 5.92 Å². The third-order valence-electron chi connectivity index (χ3n) is 4.34. The van der Waals surface area contributed by atoms with Crippen LogP contribution in [0.15, 0.2) is 5.38 Å². The van der Waals surface area contributed by atoms with E-state index in [1.54, 1.807) is 11.3 Å². The topological polar surface area (TPSA) is 45.2 Å². The van der Waals surface area contributed by atoms with E-state index < -0.39 is 0 Å². The van der Waals surface area contributed by atoms with E-state index in [2.05, 4.69) is 22.1 Å². The van der Waals surface area contributed by atoms with Gasteiger partial charge in [-0.05, 0) is 31.6 Å². The number of hydrogen-bond donors (Lipinski definition) is 1. The molecule has 1 aromatic rings. The van der Waals surface area contributed by atoms with Crippen molar-refractivity contribution in [3.05, 3.63) is 11.1 Å². The number of carbonyl (C=O) groups is 1. The molecule has 0 unspecified atom stereocenters. The molecule has 1 atom stereocenters. The van der Waals surface area contributed by atoms with E-state index >= 15 is 0 Å². The van der Waals surface area contributed by atoms with Gasteiger partial charge in [-0.25, -0.2) is 4.98 Å². The van der Waals surface area contributed by atoms with Gasteiger partial charge < -0.3 is 10.2 Å². The third kappa shape index (κ3) is 3.14. The Morgan fingerprint density at radius 2 is 2.15 bits per heavy atom. The van der Waals surface area contributed by atoms with Gasteiger partial charge in [0.1, 0.15) is 5.69 Å². The number of hydrogen-bond acceptors (Lipinski definition) is 4. The van der Waals surface area contributed by atoms with E-state index in [1.807, 2.05) is 5.38 Å². The van der Waals surface area contributed by atoms with Gasteiger partial charge in [0, 0.05) is 24.5 Å². The minimum absolute atomic E-state index is 0.00413. The van der Waals surface area contributed by atoms with Gasteiger partial charge >= 0.3 is 0 Å². The van der Waals surface area contributed by atoms with Crippen LogP contribution in [0.3, 0.4) is 0 Å². The van der Waals surface area contributed by atoms with E-state index in [4.69, 9.17) is 0 Å². The van der Waals surface area contributed by atoms with Gasteiger partial charge in [0.2, 0.25) is 0 Å². The summed E-state index contributed by atoms with van der Waals surface area (Å²) in [5, 5.41) is 6.02. The van der Waals surface area contributed by atoms with Gasteiger partial charge in [-0.3, -0.25) is 4.79 Å². The van der Waals surface area contributed by atoms with Gasteiger partial charge in [-0.15, -0.1) is 11.3 Å². The normalized spacial score (nSPS) is 24.1. The molecule has 1 aliphatic carbocycles. The Morgan fingerprint density at radius 3 is 2.90 bits per heavy atom. The standard InChI is InChI=1S/C15H23N3OS/c1-11-5-4-8-18(9-11)15-17-13(10-20-15)14(19)16-12-6-2-3-7-12/h10-12H,2-9H2,1H3,(H,16,19)/t11-/m1/s1. The molecule has 4 nitrogen and oxygen atoms in total. The average Bonchev–Trinajstić information content (AvgIpc) is 3.09. The molecule has 0 spiro atoms. The molecule has 110 valence electrons. The van der Waals surface area contributed by atoms with E-state index in [-0.39, 0.29) is 5.91 Å². The summed E-state index contributed by atoms with van der Waals surface area (Å²) in [6.07, 6.45) is 7.23. The molecule has 2 fully saturated rings. The number of nitrogens with one attached hydrogen (secondary N) is 1. The first-order valence-corrected chi connectivity index (χ1v) is 8.61. The maximum absolute atomic E-state index is 12.2. The highest BCUT2D eigenvalue weighted by molar-refractivity contribution is 7.13. The molecule has 1 aromatic heterocycles. The fourth-order valence-corrected chi connectivity index (χ4v) is 4.05. The van der Waals surface area contributed by atoms with Crippen LogP contribution < -0.4 is 10.2 Å². The molecule has 1 saturated carbocycles. The number of thiazole rings is 1. The first-order chi connectivity index (χ1) is 9.72. The molecule has 0 aromatic carbocycles. The van der Waals surface area contributed by atoms with Crippen LogP contribution in [0.4, 0.5) is 5.13 Å². The highest BCUT2D eigenvalue weighted by atomic mass is 32.1. The molecule has 1 saturated heterocycles. The number of rotatable bonds is 3. The summed E-state index contributed by atoms with van der Waals surface area (Å²) in [5.41, 5.74) is 0.593. The Kier molecular flexibility index (Phi) is 4.24. The maximum Gasteiger partial charge on any atom is 0.271 e. The molecule has 2 heterocycles. The second kappa shape index (κ2) is 6.12. The fraction of sp³-hybridized carbons (Fsp3) is 0.733. The van der Waals surface area contributed by atoms with Crippen molar-refractivity contribution in [2.45, 2.75) is 51.5 Å². The second-order valence-corrected chi connectivity index (χ2v) is 7.00. The van der Waals surface area contributed by atoms with E-state index in [0.717, 1.165) is 37.0 Å². The lowest BCUT2D eigenvalue weighted by Gasteiger charge is -2.30. The largest absolute Gasteiger partial charge is 0.348 e. The first-order valence-electron chi connectivity index (χ1n) is 7.73. The van der Waals surface area contributed by atoms with Crippen molar-refractivity contribution in [2.24, 2.45) is 5.92 Å². The Morgan fingerprint density at radius 1 is 1.35 bits per heavy atom. The predicted octanol–water partition coefficient (Wildman–Crippen LogP) is 3.05. The SMILES string of the molecule is C[C@@H]1CCCN(c2nc(C(=O)NC3CCCC3)cs2)C1. The first kappa shape index (κ1) is 13.9. The zero-order valence-electron chi connectivity index (χ0n) is 12.1. The van der Waals surface area contributed by atoms with Crippen LogP contribution in [-0.4, -0.2) is 30.0 Å². The summed E-state index contributed by atoms with van der Waals surface area (Å²) in [6.45, 7) is 4.42. The van der Waals surface area contributed by atoms with Gasteiger partial charge in [0.05, 0.1) is 0 Å². The van der Waals surface area contributed by atoms with Gasteiger partial charge in [-0.1, -0.05) is 19.8 Å². The summed E-state index contributed by atoms with van der Waals surface area (Å²) >= 11 is 1.60. The zero-order chi connectivity index (χ0) is 13.9. The molecular weight excluding hydrogens is 270 g/mol. The Hall–Kier alpha value is -1.10. The van der Waals surface area contributed by atoms with Crippen LogP contribution in [0.5, 0.6) is 0 Å². The summed E-state index contributed by atoms with van der Waals surface area (Å²) < 4.78 is 0. The molecule has 5 heteroatoms. The molecule has 2 aliphatic rings. The second-order valence-electron chi connectivity index (χ2n) is 6.16. The predicted molar refractivity (Wildman–Crippen MR) is 82.4 cm³/mol. The van der Waals surface area contributed by atoms with Crippen LogP contribution in [0.1, 0.15) is 55.9 Å². The van der Waals surface area contributed by atoms with Crippen molar-refractivity contribution >= 4 is 22.4 Å². The molecule has 0 radical (unpaired) electrons. The van der Waals surface area contributed by atoms with Crippen LogP contribution in [0.2, 0.25) is 0 Å². The van der Waals surface area contributed by atoms with Crippen LogP contribution >= 0.6 is 11.3 Å². The lowest BCUT2D eigenvalue weighted by atomic mass is 10.0. The van der Waals surface area contributed by atoms with E-state index in [1.165, 1.54) is 25.7 Å². The van der Waals surface area contributed by atoms with Crippen molar-refractivity contribution in [3.8, 4) is 0 Å². The molecule has 20 heavy (non-hydrogen) atoms. The number of piperidine rings is 1. The van der Waals surface area contributed by atoms with Gasteiger partial charge in [-0.2, -0.15) is 0 Å². The van der Waals surface area contributed by atoms with Gasteiger partial charge in [0.15, 0.2) is 5.13 Å². The molecule has 1 N–H and O–H groups in total. The minimum Gasteiger partial charge on any atom is -0.348 e. The Bertz CT molecular complexity index is 467. The highest BCUT2D eigenvalue weighted by Gasteiger charge is 2.22. The minimum atomic E-state index is 0.00413. The number of nitrogens with zero attached hydrogens (tertiary/aromatic N) is 2. The monoisotopic (exact) mass is 293 g/mol. The highest BCUT2D eigenvalue weighted by Crippen LogP contribution is 2.26. The fourth-order valence-electron chi connectivity index (χ4n) is 3.21. The van der Waals surface area contributed by atoms with Crippen molar-refractivity contribution in [1.29, 1.82) is 0 Å². The third-order valence-corrected chi connectivity index (χ3v) is 5.24. The quantitative estimate of drug-likeness (QED) is 0.931. The molecule has 1 aliphatic heterocycles. The number of aromatic nitrogens is 1. The Labute approximate surface area is 124 Å². The lowest BCUT2D eigenvalue weighted by Crippen LogP contribution is -2.35. The van der Waals surface area contributed by atoms with E-state index in [0.29, 0.717) is 11.7 Å². The van der Waals surface area contributed by atoms with Crippen LogP contribution in [-0.2, 0) is 0 Å². The van der Waals surface area contributed by atoms with Crippen LogP contribution in [0.25, 0.3) is 0 Å². The molecule has 0 bridgehead atoms. The number of amides is 1. The van der Waals surface area contributed by atoms with Gasteiger partial charge in [0.25, 0.3) is 5.91 Å². The summed E-state index contributed by atoms with van der Waals surface area (Å²) in [6, 6.07) is 0.364. The molecule has 3 rings (SSSR count). The maximum atomic E-state index is 12.2. The zero-order valence-corrected chi connectivity index (χ0v) is 12.9. The summed E-state index contributed by atoms with van der Waals surface area (Å²) in [5.74, 6) is 0.730. The van der Waals surface area contributed by atoms with Crippen molar-refractivity contribution in [1.82, 2.24) is 10.3 Å². The van der Waals surface area contributed by atoms with E-state index in [9.17, 15) is 4.79 Å². The summed E-state index contributed by atoms with van der Waals surface area (Å²) in [7, 11) is 0. The van der Waals surface area contributed by atoms with Crippen molar-refractivity contribution in [3.63, 3.8) is 0 Å². The molecular formula is C15H23N3OS. The molecule has 1 amide bonds. The number of anilines is 1. The summed E-state index contributed by atoms with van der Waals surface area (Å²) in [4.78, 5) is 19.0. The Balaban J connectivity index is 1.62. The lowest BCUT2D eigenvalue weighted by molar-refractivity contribution is 0.0933.